The maximum Gasteiger partial charge on any atom is 0.407 e. The number of carbonyl (C=O) groups excluding carboxylic acids is 4. The second-order valence-electron chi connectivity index (χ2n) is 12.3. The standard InChI is InChI=1S/C38H43N3O7/c1-25-22-39-36(44)27(21-35(43)40-28(23-42)20-26-12-4-2-5-13-26)14-6-3-7-19-34(37(45)48-25)41-38(46)47-24-33-31-17-10-8-15-29(31)30-16-9-11-18-32(30)33/h2-6,8-13,15-18,25,27-28,33-34,42H,7,14,19-24H2,1H3,(H,39,44)(H,40,43)(H,41,46)/t25-,27+,28+,34-/m0/s1. The molecule has 0 aromatic heterocycles. The molecule has 10 heteroatoms. The van der Waals surface area contributed by atoms with Gasteiger partial charge in [-0.15, -0.1) is 0 Å². The van der Waals surface area contributed by atoms with Gasteiger partial charge in [-0.05, 0) is 60.4 Å². The van der Waals surface area contributed by atoms with Gasteiger partial charge in [0.2, 0.25) is 11.8 Å². The summed E-state index contributed by atoms with van der Waals surface area (Å²) in [5.41, 5.74) is 5.40. The van der Waals surface area contributed by atoms with Gasteiger partial charge < -0.3 is 30.5 Å². The lowest BCUT2D eigenvalue weighted by Crippen LogP contribution is -2.45. The van der Waals surface area contributed by atoms with Crippen LogP contribution in [0.4, 0.5) is 4.79 Å². The van der Waals surface area contributed by atoms with Crippen LogP contribution in [0.1, 0.15) is 55.2 Å². The van der Waals surface area contributed by atoms with E-state index in [9.17, 15) is 24.3 Å². The number of nitrogens with one attached hydrogen (secondary N) is 3. The molecule has 0 fully saturated rings. The number of carbonyl (C=O) groups is 4. The fourth-order valence-electron chi connectivity index (χ4n) is 6.24. The summed E-state index contributed by atoms with van der Waals surface area (Å²) in [6.45, 7) is 1.57. The lowest BCUT2D eigenvalue weighted by atomic mass is 9.98. The number of ether oxygens (including phenoxy) is 2. The van der Waals surface area contributed by atoms with E-state index in [1.807, 2.05) is 78.9 Å². The van der Waals surface area contributed by atoms with E-state index in [4.69, 9.17) is 9.47 Å². The molecule has 4 atom stereocenters. The molecule has 0 bridgehead atoms. The van der Waals surface area contributed by atoms with Crippen LogP contribution in [-0.2, 0) is 30.3 Å². The summed E-state index contributed by atoms with van der Waals surface area (Å²) in [4.78, 5) is 52.1. The van der Waals surface area contributed by atoms with Crippen LogP contribution in [0.2, 0.25) is 0 Å². The SMILES string of the molecule is C[C@H]1CNC(=O)[C@@H](CC(=O)N[C@@H](CO)Cc2ccccc2)CC=CCC[C@H](NC(=O)OCC2c3ccccc3-c3ccccc32)C(=O)O1. The average Bonchev–Trinajstić information content (AvgIpc) is 3.41. The van der Waals surface area contributed by atoms with Gasteiger partial charge >= 0.3 is 12.1 Å². The molecule has 3 amide bonds. The fraction of sp³-hybridized carbons (Fsp3) is 0.368. The summed E-state index contributed by atoms with van der Waals surface area (Å²) >= 11 is 0. The number of fused-ring (bicyclic) bond motifs is 3. The second-order valence-corrected chi connectivity index (χ2v) is 12.3. The molecule has 1 aliphatic heterocycles. The monoisotopic (exact) mass is 653 g/mol. The van der Waals surface area contributed by atoms with E-state index in [2.05, 4.69) is 28.1 Å². The van der Waals surface area contributed by atoms with Gasteiger partial charge in [0.05, 0.1) is 25.1 Å². The van der Waals surface area contributed by atoms with Gasteiger partial charge in [-0.3, -0.25) is 9.59 Å². The Bertz CT molecular complexity index is 1560. The Labute approximate surface area is 280 Å². The zero-order valence-electron chi connectivity index (χ0n) is 27.1. The molecular formula is C38H43N3O7. The van der Waals surface area contributed by atoms with Crippen molar-refractivity contribution in [3.63, 3.8) is 0 Å². The third-order valence-electron chi connectivity index (χ3n) is 8.72. The van der Waals surface area contributed by atoms with Gasteiger partial charge in [-0.2, -0.15) is 0 Å². The van der Waals surface area contributed by atoms with Gasteiger partial charge in [0.15, 0.2) is 0 Å². The molecule has 48 heavy (non-hydrogen) atoms. The molecule has 0 unspecified atom stereocenters. The first kappa shape index (κ1) is 34.4. The van der Waals surface area contributed by atoms with Crippen LogP contribution in [0.25, 0.3) is 11.1 Å². The highest BCUT2D eigenvalue weighted by Gasteiger charge is 2.31. The molecule has 0 spiro atoms. The van der Waals surface area contributed by atoms with Gasteiger partial charge in [-0.1, -0.05) is 91.0 Å². The van der Waals surface area contributed by atoms with Gasteiger partial charge in [0.1, 0.15) is 18.8 Å². The number of alkyl carbamates (subject to hydrolysis) is 1. The number of hydrogen-bond donors (Lipinski definition) is 4. The third kappa shape index (κ3) is 9.10. The molecule has 3 aromatic rings. The van der Waals surface area contributed by atoms with E-state index in [1.54, 1.807) is 6.92 Å². The van der Waals surface area contributed by atoms with E-state index >= 15 is 0 Å². The fourth-order valence-corrected chi connectivity index (χ4v) is 6.24. The minimum absolute atomic E-state index is 0.0390. The maximum absolute atomic E-state index is 13.1. The highest BCUT2D eigenvalue weighted by atomic mass is 16.6. The van der Waals surface area contributed by atoms with Crippen molar-refractivity contribution in [3.8, 4) is 11.1 Å². The van der Waals surface area contributed by atoms with Gasteiger partial charge in [0.25, 0.3) is 0 Å². The van der Waals surface area contributed by atoms with E-state index in [0.29, 0.717) is 19.3 Å². The van der Waals surface area contributed by atoms with Crippen LogP contribution in [0, 0.1) is 5.92 Å². The Morgan fingerprint density at radius 1 is 0.958 bits per heavy atom. The van der Waals surface area contributed by atoms with Crippen molar-refractivity contribution in [2.45, 2.75) is 63.1 Å². The van der Waals surface area contributed by atoms with Crippen molar-refractivity contribution < 1.29 is 33.8 Å². The number of rotatable bonds is 9. The van der Waals surface area contributed by atoms with Crippen LogP contribution in [-0.4, -0.2) is 66.9 Å². The van der Waals surface area contributed by atoms with Crippen molar-refractivity contribution in [1.82, 2.24) is 16.0 Å². The number of hydrogen-bond acceptors (Lipinski definition) is 7. The van der Waals surface area contributed by atoms with E-state index in [0.717, 1.165) is 27.8 Å². The number of allylic oxidation sites excluding steroid dienone is 2. The first-order chi connectivity index (χ1) is 23.3. The van der Waals surface area contributed by atoms with Crippen molar-refractivity contribution in [2.24, 2.45) is 5.92 Å². The van der Waals surface area contributed by atoms with Gasteiger partial charge in [0, 0.05) is 12.3 Å². The predicted octanol–water partition coefficient (Wildman–Crippen LogP) is 4.41. The molecular weight excluding hydrogens is 610 g/mol. The number of amides is 3. The predicted molar refractivity (Wildman–Crippen MR) is 181 cm³/mol. The first-order valence-corrected chi connectivity index (χ1v) is 16.5. The lowest BCUT2D eigenvalue weighted by Gasteiger charge is -2.22. The largest absolute Gasteiger partial charge is 0.459 e. The van der Waals surface area contributed by atoms with E-state index in [-0.39, 0.29) is 50.3 Å². The van der Waals surface area contributed by atoms with E-state index in [1.165, 1.54) is 0 Å². The van der Waals surface area contributed by atoms with Crippen LogP contribution in [0.15, 0.2) is 91.0 Å². The Balaban J connectivity index is 1.16. The first-order valence-electron chi connectivity index (χ1n) is 16.5. The van der Waals surface area contributed by atoms with Crippen LogP contribution >= 0.6 is 0 Å². The zero-order chi connectivity index (χ0) is 33.9. The molecule has 10 nitrogen and oxygen atoms in total. The van der Waals surface area contributed by atoms with Gasteiger partial charge in [-0.25, -0.2) is 9.59 Å². The highest BCUT2D eigenvalue weighted by molar-refractivity contribution is 5.86. The number of cyclic esters (lactones) is 1. The number of esters is 1. The summed E-state index contributed by atoms with van der Waals surface area (Å²) in [7, 11) is 0. The molecule has 5 rings (SSSR count). The van der Waals surface area contributed by atoms with Crippen molar-refractivity contribution in [1.29, 1.82) is 0 Å². The van der Waals surface area contributed by atoms with Crippen LogP contribution in [0.5, 0.6) is 0 Å². The smallest absolute Gasteiger partial charge is 0.407 e. The summed E-state index contributed by atoms with van der Waals surface area (Å²) < 4.78 is 11.2. The number of benzene rings is 3. The number of aliphatic hydroxyl groups is 1. The van der Waals surface area contributed by atoms with E-state index < -0.39 is 36.2 Å². The van der Waals surface area contributed by atoms with Crippen LogP contribution in [0.3, 0.4) is 0 Å². The molecule has 2 aliphatic rings. The molecule has 3 aromatic carbocycles. The molecule has 4 N–H and O–H groups in total. The Morgan fingerprint density at radius 2 is 1.62 bits per heavy atom. The highest BCUT2D eigenvalue weighted by Crippen LogP contribution is 2.44. The minimum atomic E-state index is -0.953. The molecule has 1 aliphatic carbocycles. The second kappa shape index (κ2) is 16.7. The molecule has 0 radical (unpaired) electrons. The quantitative estimate of drug-likeness (QED) is 0.198. The maximum atomic E-state index is 13.1. The molecule has 1 heterocycles. The topological polar surface area (TPSA) is 143 Å². The molecule has 252 valence electrons. The number of aliphatic hydroxyl groups excluding tert-OH is 1. The van der Waals surface area contributed by atoms with Crippen molar-refractivity contribution >= 4 is 23.9 Å². The Hall–Kier alpha value is -4.96. The Morgan fingerprint density at radius 3 is 2.31 bits per heavy atom. The summed E-state index contributed by atoms with van der Waals surface area (Å²) in [5.74, 6) is -2.07. The zero-order valence-corrected chi connectivity index (χ0v) is 27.1. The lowest BCUT2D eigenvalue weighted by molar-refractivity contribution is -0.151. The third-order valence-corrected chi connectivity index (χ3v) is 8.72. The summed E-state index contributed by atoms with van der Waals surface area (Å²) in [6.07, 6.45) is 3.62. The van der Waals surface area contributed by atoms with Crippen molar-refractivity contribution in [3.05, 3.63) is 108 Å². The summed E-state index contributed by atoms with van der Waals surface area (Å²) in [6, 6.07) is 24.2. The molecule has 0 saturated heterocycles. The average molecular weight is 654 g/mol. The van der Waals surface area contributed by atoms with Crippen molar-refractivity contribution in [2.75, 3.05) is 19.8 Å². The Kier molecular flexibility index (Phi) is 12.0. The summed E-state index contributed by atoms with van der Waals surface area (Å²) in [5, 5.41) is 18.1. The molecule has 0 saturated carbocycles. The normalized spacial score (nSPS) is 20.4. The van der Waals surface area contributed by atoms with Crippen LogP contribution < -0.4 is 16.0 Å². The minimum Gasteiger partial charge on any atom is -0.459 e.